The summed E-state index contributed by atoms with van der Waals surface area (Å²) in [4.78, 5) is 11.4. The lowest BCUT2D eigenvalue weighted by atomic mass is 10.0. The van der Waals surface area contributed by atoms with E-state index in [1.807, 2.05) is 27.7 Å². The zero-order valence-corrected chi connectivity index (χ0v) is 15.9. The van der Waals surface area contributed by atoms with Gasteiger partial charge in [0.15, 0.2) is 5.79 Å². The van der Waals surface area contributed by atoms with Crippen molar-refractivity contribution in [2.45, 2.75) is 97.6 Å². The molecule has 3 nitrogen and oxygen atoms in total. The second-order valence-electron chi connectivity index (χ2n) is 7.19. The molecular weight excluding hydrogens is 300 g/mol. The summed E-state index contributed by atoms with van der Waals surface area (Å²) in [5, 5.41) is 0. The van der Waals surface area contributed by atoms with E-state index >= 15 is 0 Å². The van der Waals surface area contributed by atoms with Crippen LogP contribution >= 0.6 is 0 Å². The first kappa shape index (κ1) is 20.8. The van der Waals surface area contributed by atoms with Crippen molar-refractivity contribution in [1.29, 1.82) is 0 Å². The van der Waals surface area contributed by atoms with Crippen molar-refractivity contribution in [3.05, 3.63) is 0 Å². The molecule has 0 aliphatic carbocycles. The molecule has 3 heteroatoms. The van der Waals surface area contributed by atoms with Gasteiger partial charge in [-0.3, -0.25) is 4.79 Å². The van der Waals surface area contributed by atoms with Gasteiger partial charge < -0.3 is 9.47 Å². The number of hydrogen-bond donors (Lipinski definition) is 0. The van der Waals surface area contributed by atoms with Crippen LogP contribution in [0.15, 0.2) is 0 Å². The molecule has 1 rings (SSSR count). The maximum absolute atomic E-state index is 11.4. The normalized spacial score (nSPS) is 21.8. The zero-order valence-electron chi connectivity index (χ0n) is 15.9. The van der Waals surface area contributed by atoms with Gasteiger partial charge in [-0.15, -0.1) is 0 Å². The van der Waals surface area contributed by atoms with Crippen molar-refractivity contribution < 1.29 is 14.3 Å². The van der Waals surface area contributed by atoms with Crippen LogP contribution in [0.25, 0.3) is 0 Å². The molecule has 0 amide bonds. The van der Waals surface area contributed by atoms with Gasteiger partial charge in [0.05, 0.1) is 12.2 Å². The Hall–Kier alpha value is -1.29. The minimum Gasteiger partial charge on any atom is -0.345 e. The Bertz CT molecular complexity index is 511. The molecule has 134 valence electrons. The van der Waals surface area contributed by atoms with Gasteiger partial charge >= 0.3 is 0 Å². The first-order chi connectivity index (χ1) is 11.4. The number of rotatable bonds is 8. The van der Waals surface area contributed by atoms with Gasteiger partial charge in [0.1, 0.15) is 0 Å². The molecule has 1 saturated heterocycles. The van der Waals surface area contributed by atoms with Gasteiger partial charge in [-0.05, 0) is 38.0 Å². The van der Waals surface area contributed by atoms with Crippen LogP contribution in [0.1, 0.15) is 79.6 Å². The van der Waals surface area contributed by atoms with Gasteiger partial charge in [-0.2, -0.15) is 0 Å². The summed E-state index contributed by atoms with van der Waals surface area (Å²) in [6.45, 7) is 9.79. The minimum absolute atomic E-state index is 0.0127. The molecule has 0 bridgehead atoms. The van der Waals surface area contributed by atoms with E-state index in [4.69, 9.17) is 9.47 Å². The molecule has 0 aromatic heterocycles. The van der Waals surface area contributed by atoms with E-state index in [1.54, 1.807) is 0 Å². The van der Waals surface area contributed by atoms with Crippen molar-refractivity contribution in [2.75, 3.05) is 0 Å². The highest BCUT2D eigenvalue weighted by molar-refractivity contribution is 5.97. The van der Waals surface area contributed by atoms with E-state index in [0.29, 0.717) is 6.42 Å². The average Bonchev–Trinajstić information content (AvgIpc) is 2.80. The number of unbranched alkanes of at least 4 members (excludes halogenated alkanes) is 4. The van der Waals surface area contributed by atoms with Gasteiger partial charge in [0.25, 0.3) is 0 Å². The first-order valence-electron chi connectivity index (χ1n) is 9.24. The van der Waals surface area contributed by atoms with Crippen LogP contribution in [-0.2, 0) is 14.3 Å². The molecule has 0 spiro atoms. The lowest BCUT2D eigenvalue weighted by Crippen LogP contribution is -2.21. The molecule has 1 aliphatic rings. The van der Waals surface area contributed by atoms with Crippen LogP contribution < -0.4 is 0 Å². The van der Waals surface area contributed by atoms with E-state index in [-0.39, 0.29) is 23.9 Å². The Morgan fingerprint density at radius 3 is 2.38 bits per heavy atom. The molecule has 2 unspecified atom stereocenters. The summed E-state index contributed by atoms with van der Waals surface area (Å²) >= 11 is 0. The average molecular weight is 332 g/mol. The number of carbonyl (C=O) groups excluding carboxylic acids is 1. The molecule has 1 aliphatic heterocycles. The largest absolute Gasteiger partial charge is 0.345 e. The molecule has 0 aromatic rings. The van der Waals surface area contributed by atoms with Crippen molar-refractivity contribution in [3.63, 3.8) is 0 Å². The van der Waals surface area contributed by atoms with Crippen molar-refractivity contribution in [2.24, 2.45) is 5.92 Å². The van der Waals surface area contributed by atoms with Gasteiger partial charge in [-0.25, -0.2) is 0 Å². The lowest BCUT2D eigenvalue weighted by molar-refractivity contribution is -0.146. The van der Waals surface area contributed by atoms with Crippen LogP contribution in [0, 0.1) is 29.6 Å². The second kappa shape index (κ2) is 10.5. The summed E-state index contributed by atoms with van der Waals surface area (Å²) in [6, 6.07) is 0. The predicted octanol–water partition coefficient (Wildman–Crippen LogP) is 4.49. The van der Waals surface area contributed by atoms with E-state index in [2.05, 4.69) is 30.6 Å². The topological polar surface area (TPSA) is 35.5 Å². The molecule has 0 N–H and O–H groups in total. The Morgan fingerprint density at radius 1 is 1.04 bits per heavy atom. The maximum Gasteiger partial charge on any atom is 0.208 e. The standard InChI is InChI=1S/C21H32O3/c1-6-7-8-9-12-15-19-20(24-21(4,5)23-19)16-13-10-11-14-18(22)17(2)3/h17,19-20H,6-9,12,15-16H2,1-5H3. The third-order valence-corrected chi connectivity index (χ3v) is 4.04. The van der Waals surface area contributed by atoms with Gasteiger partial charge in [0.2, 0.25) is 5.78 Å². The highest BCUT2D eigenvalue weighted by atomic mass is 16.7. The minimum atomic E-state index is -0.542. The van der Waals surface area contributed by atoms with Crippen LogP contribution in [0.2, 0.25) is 0 Å². The highest BCUT2D eigenvalue weighted by Gasteiger charge is 2.40. The summed E-state index contributed by atoms with van der Waals surface area (Å²) in [6.07, 6.45) is 7.95. The summed E-state index contributed by atoms with van der Waals surface area (Å²) < 4.78 is 12.0. The Morgan fingerprint density at radius 2 is 1.71 bits per heavy atom. The lowest BCUT2D eigenvalue weighted by Gasteiger charge is -2.16. The molecule has 1 heterocycles. The number of hydrogen-bond acceptors (Lipinski definition) is 3. The van der Waals surface area contributed by atoms with Crippen LogP contribution in [0.3, 0.4) is 0 Å². The van der Waals surface area contributed by atoms with Crippen molar-refractivity contribution in [3.8, 4) is 23.7 Å². The fraction of sp³-hybridized carbons (Fsp3) is 0.762. The molecule has 24 heavy (non-hydrogen) atoms. The molecule has 0 radical (unpaired) electrons. The van der Waals surface area contributed by atoms with Crippen molar-refractivity contribution in [1.82, 2.24) is 0 Å². The Kier molecular flexibility index (Phi) is 9.12. The number of ketones is 1. The zero-order chi connectivity index (χ0) is 18.0. The quantitative estimate of drug-likeness (QED) is 0.373. The number of ether oxygens (including phenoxy) is 2. The molecule has 0 saturated carbocycles. The Balaban J connectivity index is 2.47. The van der Waals surface area contributed by atoms with Gasteiger partial charge in [0, 0.05) is 12.3 Å². The summed E-state index contributed by atoms with van der Waals surface area (Å²) in [5.74, 6) is 10.3. The summed E-state index contributed by atoms with van der Waals surface area (Å²) in [7, 11) is 0. The van der Waals surface area contributed by atoms with E-state index in [1.165, 1.54) is 25.7 Å². The fourth-order valence-corrected chi connectivity index (χ4v) is 2.71. The van der Waals surface area contributed by atoms with E-state index in [0.717, 1.165) is 12.8 Å². The van der Waals surface area contributed by atoms with Crippen molar-refractivity contribution >= 4 is 5.78 Å². The first-order valence-corrected chi connectivity index (χ1v) is 9.24. The number of Topliss-reactive ketones (excluding diaryl/α,β-unsaturated/α-hetero) is 1. The number of carbonyl (C=O) groups is 1. The van der Waals surface area contributed by atoms with E-state index in [9.17, 15) is 4.79 Å². The van der Waals surface area contributed by atoms with E-state index < -0.39 is 5.79 Å². The molecule has 1 fully saturated rings. The smallest absolute Gasteiger partial charge is 0.208 e. The van der Waals surface area contributed by atoms with Crippen LogP contribution in [-0.4, -0.2) is 23.8 Å². The SMILES string of the molecule is CCCCCCCC1OC(C)(C)OC1CC#CC#CC(=O)C(C)C. The Labute approximate surface area is 147 Å². The van der Waals surface area contributed by atoms with Crippen LogP contribution in [0.5, 0.6) is 0 Å². The third kappa shape index (κ3) is 8.00. The fourth-order valence-electron chi connectivity index (χ4n) is 2.71. The third-order valence-electron chi connectivity index (χ3n) is 4.04. The second-order valence-corrected chi connectivity index (χ2v) is 7.19. The summed E-state index contributed by atoms with van der Waals surface area (Å²) in [5.41, 5.74) is 0. The maximum atomic E-state index is 11.4. The predicted molar refractivity (Wildman–Crippen MR) is 97.2 cm³/mol. The highest BCUT2D eigenvalue weighted by Crippen LogP contribution is 2.32. The molecule has 0 aromatic carbocycles. The monoisotopic (exact) mass is 332 g/mol. The molecular formula is C21H32O3. The van der Waals surface area contributed by atoms with Crippen LogP contribution in [0.4, 0.5) is 0 Å². The van der Waals surface area contributed by atoms with Gasteiger partial charge in [-0.1, -0.05) is 58.8 Å². The molecule has 2 atom stereocenters.